The Hall–Kier alpha value is -2.36. The first kappa shape index (κ1) is 19.9. The predicted molar refractivity (Wildman–Crippen MR) is 113 cm³/mol. The van der Waals surface area contributed by atoms with E-state index in [0.717, 1.165) is 22.4 Å². The van der Waals surface area contributed by atoms with Gasteiger partial charge >= 0.3 is 4.87 Å². The van der Waals surface area contributed by atoms with Crippen LogP contribution < -0.4 is 19.1 Å². The third-order valence-corrected chi connectivity index (χ3v) is 7.27. The van der Waals surface area contributed by atoms with Gasteiger partial charge in [0.1, 0.15) is 13.2 Å². The highest BCUT2D eigenvalue weighted by molar-refractivity contribution is 7.89. The minimum absolute atomic E-state index is 0.00654. The summed E-state index contributed by atoms with van der Waals surface area (Å²) in [6.07, 6.45) is 0. The number of hydrogen-bond acceptors (Lipinski definition) is 6. The highest BCUT2D eigenvalue weighted by atomic mass is 32.2. The van der Waals surface area contributed by atoms with E-state index in [4.69, 9.17) is 9.47 Å². The molecule has 0 spiro atoms. The Labute approximate surface area is 172 Å². The van der Waals surface area contributed by atoms with E-state index in [2.05, 4.69) is 4.72 Å². The van der Waals surface area contributed by atoms with Crippen molar-refractivity contribution in [2.45, 2.75) is 37.8 Å². The minimum atomic E-state index is -3.77. The summed E-state index contributed by atoms with van der Waals surface area (Å²) in [4.78, 5) is 12.3. The van der Waals surface area contributed by atoms with Crippen LogP contribution in [0.5, 0.6) is 11.5 Å². The van der Waals surface area contributed by atoms with Gasteiger partial charge in [0.15, 0.2) is 11.5 Å². The van der Waals surface area contributed by atoms with Crippen molar-refractivity contribution in [2.24, 2.45) is 0 Å². The zero-order chi connectivity index (χ0) is 20.8. The zero-order valence-corrected chi connectivity index (χ0v) is 18.0. The summed E-state index contributed by atoms with van der Waals surface area (Å²) < 4.78 is 42.0. The van der Waals surface area contributed by atoms with E-state index in [1.807, 2.05) is 19.9 Å². The van der Waals surface area contributed by atoms with Crippen molar-refractivity contribution >= 4 is 31.6 Å². The second kappa shape index (κ2) is 7.47. The molecule has 0 radical (unpaired) electrons. The smallest absolute Gasteiger partial charge is 0.308 e. The van der Waals surface area contributed by atoms with Crippen molar-refractivity contribution in [2.75, 3.05) is 13.2 Å². The Morgan fingerprint density at radius 1 is 1.03 bits per heavy atom. The maximum atomic E-state index is 12.9. The lowest BCUT2D eigenvalue weighted by atomic mass is 10.1. The predicted octanol–water partition coefficient (Wildman–Crippen LogP) is 3.45. The van der Waals surface area contributed by atoms with Crippen molar-refractivity contribution in [3.63, 3.8) is 0 Å². The van der Waals surface area contributed by atoms with Crippen molar-refractivity contribution in [1.82, 2.24) is 9.29 Å². The maximum absolute atomic E-state index is 12.9. The summed E-state index contributed by atoms with van der Waals surface area (Å²) in [5, 5.41) is 0. The Morgan fingerprint density at radius 2 is 1.76 bits per heavy atom. The molecule has 1 aromatic heterocycles. The molecule has 1 N–H and O–H groups in total. The summed E-state index contributed by atoms with van der Waals surface area (Å²) in [5.41, 5.74) is 1.52. The molecule has 0 amide bonds. The van der Waals surface area contributed by atoms with Gasteiger partial charge in [0.25, 0.3) is 0 Å². The lowest BCUT2D eigenvalue weighted by molar-refractivity contribution is 0.171. The molecule has 2 heterocycles. The number of nitrogens with zero attached hydrogens (tertiary/aromatic N) is 1. The van der Waals surface area contributed by atoms with Crippen molar-refractivity contribution < 1.29 is 17.9 Å². The summed E-state index contributed by atoms with van der Waals surface area (Å²) in [6.45, 7) is 6.59. The van der Waals surface area contributed by atoms with Crippen LogP contribution in [-0.4, -0.2) is 26.2 Å². The molecule has 1 atom stereocenters. The third kappa shape index (κ3) is 3.77. The standard InChI is InChI=1S/C20H22N2O5S2/c1-12(2)22-16-6-5-15(11-19(16)28-20(22)23)29(24,25)21-13(3)14-4-7-17-18(10-14)27-9-8-26-17/h4-7,10-13,21H,8-9H2,1-3H3/t13-/m1/s1. The summed E-state index contributed by atoms with van der Waals surface area (Å²) in [5.74, 6) is 1.27. The van der Waals surface area contributed by atoms with E-state index < -0.39 is 16.1 Å². The van der Waals surface area contributed by atoms with Gasteiger partial charge in [-0.2, -0.15) is 0 Å². The molecule has 0 unspecified atom stereocenters. The van der Waals surface area contributed by atoms with Crippen molar-refractivity contribution in [3.05, 3.63) is 51.6 Å². The van der Waals surface area contributed by atoms with Crippen LogP contribution >= 0.6 is 11.3 Å². The van der Waals surface area contributed by atoms with E-state index in [9.17, 15) is 13.2 Å². The number of fused-ring (bicyclic) bond motifs is 2. The maximum Gasteiger partial charge on any atom is 0.308 e. The van der Waals surface area contributed by atoms with E-state index in [-0.39, 0.29) is 15.8 Å². The van der Waals surface area contributed by atoms with Crippen molar-refractivity contribution in [3.8, 4) is 11.5 Å². The fraction of sp³-hybridized carbons (Fsp3) is 0.350. The van der Waals surface area contributed by atoms with Gasteiger partial charge in [-0.25, -0.2) is 13.1 Å². The minimum Gasteiger partial charge on any atom is -0.486 e. The van der Waals surface area contributed by atoms with Gasteiger partial charge in [0, 0.05) is 12.1 Å². The first-order valence-corrected chi connectivity index (χ1v) is 11.6. The lowest BCUT2D eigenvalue weighted by Crippen LogP contribution is -2.27. The Balaban J connectivity index is 1.62. The van der Waals surface area contributed by atoms with Crippen LogP contribution in [0.3, 0.4) is 0 Å². The molecule has 0 saturated heterocycles. The number of hydrogen-bond donors (Lipinski definition) is 1. The molecule has 29 heavy (non-hydrogen) atoms. The van der Waals surface area contributed by atoms with E-state index in [1.165, 1.54) is 6.07 Å². The quantitative estimate of drug-likeness (QED) is 0.665. The van der Waals surface area contributed by atoms with E-state index in [1.54, 1.807) is 35.8 Å². The molecule has 0 saturated carbocycles. The fourth-order valence-corrected chi connectivity index (χ4v) is 5.76. The molecule has 0 fully saturated rings. The van der Waals surface area contributed by atoms with Gasteiger partial charge < -0.3 is 9.47 Å². The summed E-state index contributed by atoms with van der Waals surface area (Å²) in [7, 11) is -3.77. The number of aromatic nitrogens is 1. The first-order valence-electron chi connectivity index (χ1n) is 9.33. The molecule has 1 aliphatic rings. The average Bonchev–Trinajstić information content (AvgIpc) is 3.02. The normalized spacial score (nSPS) is 15.0. The average molecular weight is 435 g/mol. The van der Waals surface area contributed by atoms with E-state index in [0.29, 0.717) is 29.4 Å². The van der Waals surface area contributed by atoms with Gasteiger partial charge in [0.2, 0.25) is 10.0 Å². The van der Waals surface area contributed by atoms with E-state index >= 15 is 0 Å². The molecule has 2 aromatic carbocycles. The molecule has 3 aromatic rings. The van der Waals surface area contributed by atoms with Gasteiger partial charge in [0.05, 0.1) is 15.1 Å². The zero-order valence-electron chi connectivity index (χ0n) is 16.3. The SMILES string of the molecule is CC(C)n1c(=O)sc2cc(S(=O)(=O)N[C@H](C)c3ccc4c(c3)OCCO4)ccc21. The van der Waals surface area contributed by atoms with Crippen LogP contribution in [0.25, 0.3) is 10.2 Å². The van der Waals surface area contributed by atoms with Crippen molar-refractivity contribution in [1.29, 1.82) is 0 Å². The highest BCUT2D eigenvalue weighted by Crippen LogP contribution is 2.33. The highest BCUT2D eigenvalue weighted by Gasteiger charge is 2.22. The van der Waals surface area contributed by atoms with Gasteiger partial charge in [-0.15, -0.1) is 0 Å². The van der Waals surface area contributed by atoms with Gasteiger partial charge in [-0.1, -0.05) is 17.4 Å². The summed E-state index contributed by atoms with van der Waals surface area (Å²) in [6, 6.07) is 9.71. The molecule has 154 valence electrons. The number of benzene rings is 2. The first-order chi connectivity index (χ1) is 13.8. The number of thiazole rings is 1. The van der Waals surface area contributed by atoms with Crippen LogP contribution in [0.4, 0.5) is 0 Å². The molecule has 4 rings (SSSR count). The van der Waals surface area contributed by atoms with Crippen LogP contribution in [0.1, 0.15) is 38.4 Å². The Kier molecular flexibility index (Phi) is 5.14. The van der Waals surface area contributed by atoms with Gasteiger partial charge in [-0.05, 0) is 56.7 Å². The Bertz CT molecular complexity index is 1230. The molecule has 7 nitrogen and oxygen atoms in total. The third-order valence-electron chi connectivity index (χ3n) is 4.81. The second-order valence-corrected chi connectivity index (χ2v) is 9.91. The molecule has 0 bridgehead atoms. The van der Waals surface area contributed by atoms with Crippen LogP contribution in [0, 0.1) is 0 Å². The largest absolute Gasteiger partial charge is 0.486 e. The molecular formula is C20H22N2O5S2. The topological polar surface area (TPSA) is 86.6 Å². The molecule has 9 heteroatoms. The fourth-order valence-electron chi connectivity index (χ4n) is 3.37. The second-order valence-electron chi connectivity index (χ2n) is 7.21. The lowest BCUT2D eigenvalue weighted by Gasteiger charge is -2.21. The number of ether oxygens (including phenoxy) is 2. The summed E-state index contributed by atoms with van der Waals surface area (Å²) >= 11 is 1.05. The Morgan fingerprint density at radius 3 is 2.48 bits per heavy atom. The number of rotatable bonds is 5. The molecule has 1 aliphatic heterocycles. The van der Waals surface area contributed by atoms with Crippen LogP contribution in [0.2, 0.25) is 0 Å². The monoisotopic (exact) mass is 434 g/mol. The van der Waals surface area contributed by atoms with Crippen LogP contribution in [-0.2, 0) is 10.0 Å². The van der Waals surface area contributed by atoms with Gasteiger partial charge in [-0.3, -0.25) is 9.36 Å². The number of sulfonamides is 1. The molecule has 0 aliphatic carbocycles. The number of nitrogens with one attached hydrogen (secondary N) is 1. The molecular weight excluding hydrogens is 412 g/mol. The van der Waals surface area contributed by atoms with Crippen LogP contribution in [0.15, 0.2) is 46.1 Å².